The highest BCUT2D eigenvalue weighted by Gasteiger charge is 2.32. The van der Waals surface area contributed by atoms with Crippen LogP contribution in [0.2, 0.25) is 0 Å². The first kappa shape index (κ1) is 7.84. The molecule has 0 fully saturated rings. The summed E-state index contributed by atoms with van der Waals surface area (Å²) in [5.41, 5.74) is 2.05. The molecule has 0 aliphatic heterocycles. The molecule has 0 aromatic heterocycles. The number of hydrogen-bond donors (Lipinski definition) is 0. The maximum Gasteiger partial charge on any atom is -0.0166 e. The van der Waals surface area contributed by atoms with Crippen LogP contribution in [0.25, 0.3) is 0 Å². The first-order chi connectivity index (χ1) is 4.43. The molecular formula is C10H18. The zero-order chi connectivity index (χ0) is 7.94. The molecule has 1 rings (SSSR count). The molecule has 0 spiro atoms. The quantitative estimate of drug-likeness (QED) is 0.451. The van der Waals surface area contributed by atoms with Gasteiger partial charge in [-0.25, -0.2) is 0 Å². The van der Waals surface area contributed by atoms with Gasteiger partial charge in [0.1, 0.15) is 0 Å². The van der Waals surface area contributed by atoms with Gasteiger partial charge in [-0.05, 0) is 17.3 Å². The fraction of sp³-hybridized carbons (Fsp3) is 0.800. The molecule has 0 heterocycles. The Labute approximate surface area is 64.3 Å². The Morgan fingerprint density at radius 2 is 1.70 bits per heavy atom. The van der Waals surface area contributed by atoms with E-state index in [4.69, 9.17) is 0 Å². The molecule has 0 aromatic rings. The van der Waals surface area contributed by atoms with Crippen molar-refractivity contribution < 1.29 is 0 Å². The maximum absolute atomic E-state index is 2.41. The number of allylic oxidation sites excluding steroid dienone is 2. The van der Waals surface area contributed by atoms with Crippen LogP contribution < -0.4 is 0 Å². The average molecular weight is 138 g/mol. The smallest absolute Gasteiger partial charge is 0.0166 e. The largest absolute Gasteiger partial charge is 0.0811 e. The van der Waals surface area contributed by atoms with Crippen LogP contribution in [0.15, 0.2) is 11.6 Å². The van der Waals surface area contributed by atoms with Crippen molar-refractivity contribution >= 4 is 0 Å². The molecule has 58 valence electrons. The summed E-state index contributed by atoms with van der Waals surface area (Å²) in [5.74, 6) is 1.63. The molecular weight excluding hydrogens is 120 g/mol. The second-order valence-corrected chi connectivity index (χ2v) is 4.52. The second kappa shape index (κ2) is 2.11. The third-order valence-electron chi connectivity index (χ3n) is 2.59. The highest BCUT2D eigenvalue weighted by molar-refractivity contribution is 5.25. The minimum absolute atomic E-state index is 0.409. The van der Waals surface area contributed by atoms with E-state index in [1.54, 1.807) is 5.57 Å². The minimum atomic E-state index is 0.409. The average Bonchev–Trinajstić information content (AvgIpc) is 1.79. The lowest BCUT2D eigenvalue weighted by Crippen LogP contribution is -2.28. The first-order valence-corrected chi connectivity index (χ1v) is 4.15. The summed E-state index contributed by atoms with van der Waals surface area (Å²) < 4.78 is 0. The Hall–Kier alpha value is -0.260. The summed E-state index contributed by atoms with van der Waals surface area (Å²) in [6, 6.07) is 0. The van der Waals surface area contributed by atoms with E-state index in [0.29, 0.717) is 5.41 Å². The Morgan fingerprint density at radius 3 is 1.80 bits per heavy atom. The molecule has 1 aliphatic carbocycles. The Kier molecular flexibility index (Phi) is 1.66. The van der Waals surface area contributed by atoms with Gasteiger partial charge in [0.2, 0.25) is 0 Å². The van der Waals surface area contributed by atoms with Crippen LogP contribution in [0.4, 0.5) is 0 Å². The van der Waals surface area contributed by atoms with Crippen LogP contribution in [0.3, 0.4) is 0 Å². The fourth-order valence-electron chi connectivity index (χ4n) is 1.68. The third kappa shape index (κ3) is 1.12. The van der Waals surface area contributed by atoms with Gasteiger partial charge in [-0.2, -0.15) is 0 Å². The summed E-state index contributed by atoms with van der Waals surface area (Å²) in [5, 5.41) is 0. The predicted octanol–water partition coefficient (Wildman–Crippen LogP) is 3.24. The van der Waals surface area contributed by atoms with Gasteiger partial charge in [-0.1, -0.05) is 46.3 Å². The molecule has 2 atom stereocenters. The second-order valence-electron chi connectivity index (χ2n) is 4.52. The van der Waals surface area contributed by atoms with Gasteiger partial charge in [0, 0.05) is 0 Å². The summed E-state index contributed by atoms with van der Waals surface area (Å²) in [6.07, 6.45) is 2.41. The minimum Gasteiger partial charge on any atom is -0.0811 e. The van der Waals surface area contributed by atoms with E-state index in [1.165, 1.54) is 0 Å². The zero-order valence-electron chi connectivity index (χ0n) is 7.73. The monoisotopic (exact) mass is 138 g/mol. The Morgan fingerprint density at radius 1 is 1.20 bits per heavy atom. The molecule has 0 radical (unpaired) electrons. The van der Waals surface area contributed by atoms with Crippen LogP contribution in [0, 0.1) is 17.3 Å². The molecule has 0 heteroatoms. The Balaban J connectivity index is 2.71. The van der Waals surface area contributed by atoms with Crippen molar-refractivity contribution in [2.75, 3.05) is 0 Å². The van der Waals surface area contributed by atoms with Crippen molar-refractivity contribution in [1.82, 2.24) is 0 Å². The van der Waals surface area contributed by atoms with Crippen molar-refractivity contribution in [3.8, 4) is 0 Å². The van der Waals surface area contributed by atoms with Crippen molar-refractivity contribution in [2.45, 2.75) is 34.6 Å². The van der Waals surface area contributed by atoms with E-state index in [-0.39, 0.29) is 0 Å². The molecule has 10 heavy (non-hydrogen) atoms. The van der Waals surface area contributed by atoms with Crippen LogP contribution in [0.1, 0.15) is 34.6 Å². The molecule has 0 N–H and O–H groups in total. The van der Waals surface area contributed by atoms with E-state index >= 15 is 0 Å². The van der Waals surface area contributed by atoms with E-state index in [1.807, 2.05) is 0 Å². The summed E-state index contributed by atoms with van der Waals surface area (Å²) >= 11 is 0. The van der Waals surface area contributed by atoms with Crippen LogP contribution >= 0.6 is 0 Å². The van der Waals surface area contributed by atoms with Gasteiger partial charge in [0.25, 0.3) is 0 Å². The van der Waals surface area contributed by atoms with Gasteiger partial charge < -0.3 is 0 Å². The van der Waals surface area contributed by atoms with Crippen molar-refractivity contribution in [2.24, 2.45) is 17.3 Å². The van der Waals surface area contributed by atoms with Crippen LogP contribution in [-0.4, -0.2) is 0 Å². The molecule has 1 aliphatic rings. The third-order valence-corrected chi connectivity index (χ3v) is 2.59. The van der Waals surface area contributed by atoms with Crippen LogP contribution in [0.5, 0.6) is 0 Å². The summed E-state index contributed by atoms with van der Waals surface area (Å²) in [7, 11) is 0. The highest BCUT2D eigenvalue weighted by Crippen LogP contribution is 2.43. The van der Waals surface area contributed by atoms with Crippen molar-refractivity contribution in [3.63, 3.8) is 0 Å². The lowest BCUT2D eigenvalue weighted by Gasteiger charge is -2.39. The Bertz CT molecular complexity index is 157. The van der Waals surface area contributed by atoms with Gasteiger partial charge in [0.05, 0.1) is 0 Å². The predicted molar refractivity (Wildman–Crippen MR) is 45.9 cm³/mol. The SMILES string of the molecule is CC1C=C(C(C)(C)C)C1C. The van der Waals surface area contributed by atoms with Gasteiger partial charge in [0.15, 0.2) is 0 Å². The van der Waals surface area contributed by atoms with Crippen LogP contribution in [-0.2, 0) is 0 Å². The number of hydrogen-bond acceptors (Lipinski definition) is 0. The van der Waals surface area contributed by atoms with Gasteiger partial charge in [-0.3, -0.25) is 0 Å². The highest BCUT2D eigenvalue weighted by atomic mass is 14.4. The molecule has 0 bridgehead atoms. The van der Waals surface area contributed by atoms with E-state index in [2.05, 4.69) is 40.7 Å². The maximum atomic E-state index is 2.41. The molecule has 0 saturated carbocycles. The lowest BCUT2D eigenvalue weighted by atomic mass is 9.66. The first-order valence-electron chi connectivity index (χ1n) is 4.15. The molecule has 0 nitrogen and oxygen atoms in total. The zero-order valence-corrected chi connectivity index (χ0v) is 7.73. The van der Waals surface area contributed by atoms with E-state index in [9.17, 15) is 0 Å². The lowest BCUT2D eigenvalue weighted by molar-refractivity contribution is 0.340. The molecule has 0 amide bonds. The number of rotatable bonds is 0. The van der Waals surface area contributed by atoms with E-state index in [0.717, 1.165) is 11.8 Å². The summed E-state index contributed by atoms with van der Waals surface area (Å²) in [4.78, 5) is 0. The van der Waals surface area contributed by atoms with E-state index < -0.39 is 0 Å². The summed E-state index contributed by atoms with van der Waals surface area (Å²) in [6.45, 7) is 11.5. The van der Waals surface area contributed by atoms with Crippen molar-refractivity contribution in [1.29, 1.82) is 0 Å². The van der Waals surface area contributed by atoms with Crippen molar-refractivity contribution in [3.05, 3.63) is 11.6 Å². The standard InChI is InChI=1S/C10H18/c1-7-6-9(8(7)2)10(3,4)5/h6-8H,1-5H3. The topological polar surface area (TPSA) is 0 Å². The fourth-order valence-corrected chi connectivity index (χ4v) is 1.68. The molecule has 2 unspecified atom stereocenters. The normalized spacial score (nSPS) is 33.1. The molecule has 0 aromatic carbocycles. The molecule has 0 saturated heterocycles. The van der Waals surface area contributed by atoms with Gasteiger partial charge >= 0.3 is 0 Å². The van der Waals surface area contributed by atoms with Gasteiger partial charge in [-0.15, -0.1) is 0 Å².